The molecule has 3 atom stereocenters. The summed E-state index contributed by atoms with van der Waals surface area (Å²) in [5.74, 6) is 0.152. The Morgan fingerprint density at radius 2 is 1.62 bits per heavy atom. The number of alkyl carbamates (subject to hydrolysis) is 1. The highest BCUT2D eigenvalue weighted by Gasteiger charge is 2.42. The number of H-pyrrole nitrogens is 1. The molecule has 0 saturated carbocycles. The molecule has 18 heteroatoms. The first kappa shape index (κ1) is 45.9. The number of imidazole rings is 1. The Balaban J connectivity index is 0.966. The fourth-order valence-corrected chi connectivity index (χ4v) is 9.94. The van der Waals surface area contributed by atoms with Crippen molar-refractivity contribution in [1.29, 1.82) is 0 Å². The number of halogens is 3. The van der Waals surface area contributed by atoms with Crippen molar-refractivity contribution < 1.29 is 46.6 Å². The average molecular weight is 905 g/mol. The monoisotopic (exact) mass is 904 g/mol. The van der Waals surface area contributed by atoms with Crippen molar-refractivity contribution in [3.8, 4) is 16.9 Å². The number of hydrogen-bond donors (Lipinski definition) is 3. The number of amides is 5. The van der Waals surface area contributed by atoms with Gasteiger partial charge in [0.15, 0.2) is 0 Å². The van der Waals surface area contributed by atoms with Crippen molar-refractivity contribution >= 4 is 51.4 Å². The van der Waals surface area contributed by atoms with Gasteiger partial charge < -0.3 is 44.5 Å². The van der Waals surface area contributed by atoms with Gasteiger partial charge in [0.05, 0.1) is 24.2 Å². The number of piperazine rings is 1. The zero-order valence-corrected chi connectivity index (χ0v) is 37.6. The summed E-state index contributed by atoms with van der Waals surface area (Å²) in [4.78, 5) is 69.0. The second kappa shape index (κ2) is 18.7. The molecule has 4 aliphatic heterocycles. The Labute approximate surface area is 376 Å². The normalized spacial score (nSPS) is 21.1. The van der Waals surface area contributed by atoms with Crippen LogP contribution in [0.25, 0.3) is 32.9 Å². The topological polar surface area (TPSA) is 162 Å². The number of likely N-dealkylation sites (tertiary alicyclic amines) is 2. The van der Waals surface area contributed by atoms with Crippen LogP contribution < -0.4 is 15.4 Å². The van der Waals surface area contributed by atoms with Gasteiger partial charge in [0, 0.05) is 93.2 Å². The van der Waals surface area contributed by atoms with Crippen LogP contribution in [-0.2, 0) is 19.1 Å². The summed E-state index contributed by atoms with van der Waals surface area (Å²) >= 11 is 0. The highest BCUT2D eigenvalue weighted by atomic mass is 19.4. The third-order valence-electron chi connectivity index (χ3n) is 13.3. The molecule has 0 aliphatic carbocycles. The molecule has 3 aromatic carbocycles. The van der Waals surface area contributed by atoms with Crippen LogP contribution >= 0.6 is 0 Å². The van der Waals surface area contributed by atoms with Gasteiger partial charge >= 0.3 is 18.5 Å². The minimum absolute atomic E-state index is 0.113. The lowest BCUT2D eigenvalue weighted by Gasteiger charge is -2.43. The van der Waals surface area contributed by atoms with Crippen molar-refractivity contribution in [2.24, 2.45) is 17.3 Å². The second-order valence-electron chi connectivity index (χ2n) is 18.9. The Hall–Kier alpha value is -5.62. The Bertz CT molecular complexity index is 2400. The number of anilines is 1. The summed E-state index contributed by atoms with van der Waals surface area (Å²) in [5, 5.41) is 7.04. The zero-order chi connectivity index (χ0) is 46.2. The quantitative estimate of drug-likeness (QED) is 0.162. The number of piperidine rings is 1. The van der Waals surface area contributed by atoms with Crippen molar-refractivity contribution in [1.82, 2.24) is 34.9 Å². The average Bonchev–Trinajstić information content (AvgIpc) is 3.91. The Morgan fingerprint density at radius 3 is 2.29 bits per heavy atom. The first-order chi connectivity index (χ1) is 30.9. The van der Waals surface area contributed by atoms with Gasteiger partial charge in [-0.3, -0.25) is 14.5 Å². The molecule has 65 heavy (non-hydrogen) atoms. The van der Waals surface area contributed by atoms with E-state index in [1.165, 1.54) is 19.2 Å². The van der Waals surface area contributed by atoms with Crippen LogP contribution in [0.1, 0.15) is 71.7 Å². The zero-order valence-electron chi connectivity index (χ0n) is 37.6. The molecule has 15 nitrogen and oxygen atoms in total. The highest BCUT2D eigenvalue weighted by molar-refractivity contribution is 6.05. The predicted molar refractivity (Wildman–Crippen MR) is 238 cm³/mol. The number of aromatic nitrogens is 2. The van der Waals surface area contributed by atoms with Gasteiger partial charge in [-0.25, -0.2) is 14.6 Å². The largest absolute Gasteiger partial charge is 0.573 e. The molecule has 1 aromatic heterocycles. The van der Waals surface area contributed by atoms with Crippen LogP contribution in [0.3, 0.4) is 0 Å². The van der Waals surface area contributed by atoms with Crippen LogP contribution in [0.2, 0.25) is 0 Å². The van der Waals surface area contributed by atoms with Crippen LogP contribution in [0, 0.1) is 17.3 Å². The van der Waals surface area contributed by atoms with Gasteiger partial charge in [-0.2, -0.15) is 0 Å². The molecular weight excluding hydrogens is 846 g/mol. The predicted octanol–water partition coefficient (Wildman–Crippen LogP) is 7.53. The van der Waals surface area contributed by atoms with Crippen LogP contribution in [-0.4, -0.2) is 138 Å². The number of methoxy groups -OCH3 is 1. The summed E-state index contributed by atoms with van der Waals surface area (Å²) in [6.45, 7) is 13.0. The Morgan fingerprint density at radius 1 is 0.892 bits per heavy atom. The van der Waals surface area contributed by atoms with E-state index in [0.717, 1.165) is 29.1 Å². The SMILES string of the molecule is COC(=O)N[C@H](C(=O)N1C[C@@H](C)C[C@H]1c1nc2c(ccc3cc(-c4ccc(NC(=O)N5CCN(C6CCN(C(=O)C(C)(C)C)CC6)CC5)cc4OC(F)(F)F)ccc32)[nH]1)C1CCOCC1. The van der Waals surface area contributed by atoms with E-state index in [0.29, 0.717) is 101 Å². The summed E-state index contributed by atoms with van der Waals surface area (Å²) < 4.78 is 56.6. The third-order valence-corrected chi connectivity index (χ3v) is 13.3. The number of nitrogens with one attached hydrogen (secondary N) is 3. The maximum absolute atomic E-state index is 14.2. The summed E-state index contributed by atoms with van der Waals surface area (Å²) in [5.41, 5.74) is 1.77. The smallest absolute Gasteiger partial charge is 0.453 e. The number of carbonyl (C=O) groups excluding carboxylic acids is 4. The summed E-state index contributed by atoms with van der Waals surface area (Å²) in [7, 11) is 1.27. The second-order valence-corrected chi connectivity index (χ2v) is 18.9. The maximum Gasteiger partial charge on any atom is 0.573 e. The third kappa shape index (κ3) is 10.3. The van der Waals surface area contributed by atoms with E-state index in [4.69, 9.17) is 14.5 Å². The lowest BCUT2D eigenvalue weighted by Crippen LogP contribution is -2.56. The van der Waals surface area contributed by atoms with E-state index in [1.54, 1.807) is 34.1 Å². The molecule has 350 valence electrons. The minimum atomic E-state index is -4.99. The number of benzene rings is 3. The maximum atomic E-state index is 14.2. The molecule has 4 saturated heterocycles. The number of aromatic amines is 1. The number of fused-ring (bicyclic) bond motifs is 3. The molecule has 4 aliphatic rings. The van der Waals surface area contributed by atoms with Gasteiger partial charge in [0.25, 0.3) is 0 Å². The molecule has 0 radical (unpaired) electrons. The molecule has 0 bridgehead atoms. The van der Waals surface area contributed by atoms with E-state index in [-0.39, 0.29) is 40.9 Å². The molecule has 3 N–H and O–H groups in total. The summed E-state index contributed by atoms with van der Waals surface area (Å²) in [6, 6.07) is 12.0. The molecule has 4 fully saturated rings. The fraction of sp³-hybridized carbons (Fsp3) is 0.553. The molecule has 0 spiro atoms. The number of carbonyl (C=O) groups is 4. The van der Waals surface area contributed by atoms with Gasteiger partial charge in [-0.05, 0) is 79.2 Å². The van der Waals surface area contributed by atoms with E-state index < -0.39 is 35.7 Å². The lowest BCUT2D eigenvalue weighted by molar-refractivity contribution is -0.274. The highest BCUT2D eigenvalue weighted by Crippen LogP contribution is 2.40. The molecule has 4 aromatic rings. The van der Waals surface area contributed by atoms with Gasteiger partial charge in [0.2, 0.25) is 11.8 Å². The number of hydrogen-bond acceptors (Lipinski definition) is 9. The van der Waals surface area contributed by atoms with Crippen molar-refractivity contribution in [2.45, 2.75) is 84.3 Å². The van der Waals surface area contributed by atoms with E-state index in [1.807, 2.05) is 37.8 Å². The van der Waals surface area contributed by atoms with E-state index in [2.05, 4.69) is 32.2 Å². The number of rotatable bonds is 8. The van der Waals surface area contributed by atoms with Crippen LogP contribution in [0.4, 0.5) is 28.4 Å². The molecule has 5 heterocycles. The van der Waals surface area contributed by atoms with Gasteiger partial charge in [-0.1, -0.05) is 45.9 Å². The van der Waals surface area contributed by atoms with Crippen molar-refractivity contribution in [3.05, 3.63) is 54.4 Å². The number of nitrogens with zero attached hydrogens (tertiary/aromatic N) is 5. The molecule has 8 rings (SSSR count). The molecule has 5 amide bonds. The fourth-order valence-electron chi connectivity index (χ4n) is 9.94. The first-order valence-corrected chi connectivity index (χ1v) is 22.6. The van der Waals surface area contributed by atoms with Gasteiger partial charge in [0.1, 0.15) is 17.6 Å². The van der Waals surface area contributed by atoms with Crippen LogP contribution in [0.5, 0.6) is 5.75 Å². The van der Waals surface area contributed by atoms with E-state index >= 15 is 0 Å². The van der Waals surface area contributed by atoms with Crippen LogP contribution in [0.15, 0.2) is 48.5 Å². The van der Waals surface area contributed by atoms with Gasteiger partial charge in [-0.15, -0.1) is 13.2 Å². The summed E-state index contributed by atoms with van der Waals surface area (Å²) in [6.07, 6.45) is -2.02. The molecule has 0 unspecified atom stereocenters. The number of urea groups is 1. The van der Waals surface area contributed by atoms with Crippen molar-refractivity contribution in [2.75, 3.05) is 71.5 Å². The Kier molecular flexibility index (Phi) is 13.2. The first-order valence-electron chi connectivity index (χ1n) is 22.6. The number of ether oxygens (including phenoxy) is 3. The minimum Gasteiger partial charge on any atom is -0.453 e. The van der Waals surface area contributed by atoms with E-state index in [9.17, 15) is 32.3 Å². The van der Waals surface area contributed by atoms with Crippen molar-refractivity contribution in [3.63, 3.8) is 0 Å². The molecular formula is C47H59F3N8O7. The standard InChI is InChI=1S/C47H59F3N8O7/c1-28-24-37(58(27-28)42(59)39(54-45(62)63-5)29-14-22-64-23-15-29)41-52-36-11-7-31-25-30(6-9-35(31)40(36)53-41)34-10-8-32(26-38(34)65-47(48,49)50)51-44(61)57-20-18-55(19-21-57)33-12-16-56(17-13-33)43(60)46(2,3)4/h6-11,25-26,28-29,33,37,39H,12-24,27H2,1-5H3,(H,51,61)(H,52,53)(H,54,62)/t28-,37-,39-/m0/s1. The number of alkyl halides is 3. The lowest BCUT2D eigenvalue weighted by atomic mass is 9.90.